The van der Waals surface area contributed by atoms with Gasteiger partial charge >= 0.3 is 6.09 Å². The van der Waals surface area contributed by atoms with Crippen LogP contribution in [0.15, 0.2) is 24.5 Å². The number of nitrogens with one attached hydrogen (secondary N) is 1. The smallest absolute Gasteiger partial charge is 0.407 e. The Labute approximate surface area is 236 Å². The first kappa shape index (κ1) is 29.1. The Morgan fingerprint density at radius 1 is 1.23 bits per heavy atom. The predicted octanol–water partition coefficient (Wildman–Crippen LogP) is 2.77. The second-order valence-corrected chi connectivity index (χ2v) is 12.1. The summed E-state index contributed by atoms with van der Waals surface area (Å²) in [6, 6.07) is 3.64. The standard InChI is InChI=1S/C26H35N9O4S/c1-17-8-9-18(11-27-17)12-28-23(37)20-15-34(32-29-20)10-6-5-7-21-30-31-24(40-21)33(16-36)13-19-14-35(25(38)39)22(19)26(2,3)4/h8-9,11,15-16,19,22H,5-7,10,12-14H2,1-4H3,(H,28,37)(H,38,39). The number of amides is 3. The number of carboxylic acid groups (broad SMARTS) is 1. The molecule has 3 amide bonds. The van der Waals surface area contributed by atoms with Gasteiger partial charge in [-0.1, -0.05) is 43.4 Å². The number of likely N-dealkylation sites (tertiary alicyclic amines) is 1. The molecule has 0 aromatic carbocycles. The molecule has 0 spiro atoms. The summed E-state index contributed by atoms with van der Waals surface area (Å²) in [5, 5.41) is 30.1. The highest BCUT2D eigenvalue weighted by Gasteiger charge is 2.48. The average molecular weight is 570 g/mol. The first-order valence-electron chi connectivity index (χ1n) is 13.2. The second kappa shape index (κ2) is 12.5. The van der Waals surface area contributed by atoms with Crippen LogP contribution in [-0.4, -0.2) is 77.7 Å². The molecule has 1 fully saturated rings. The third-order valence-corrected chi connectivity index (χ3v) is 7.85. The monoisotopic (exact) mass is 569 g/mol. The van der Waals surface area contributed by atoms with Crippen LogP contribution in [0.3, 0.4) is 0 Å². The number of pyridine rings is 1. The summed E-state index contributed by atoms with van der Waals surface area (Å²) >= 11 is 1.37. The molecule has 3 aromatic heterocycles. The van der Waals surface area contributed by atoms with E-state index in [0.717, 1.165) is 35.5 Å². The van der Waals surface area contributed by atoms with Crippen LogP contribution >= 0.6 is 11.3 Å². The van der Waals surface area contributed by atoms with E-state index in [0.29, 0.717) is 37.7 Å². The summed E-state index contributed by atoms with van der Waals surface area (Å²) in [5.74, 6) is -0.262. The quantitative estimate of drug-likeness (QED) is 0.247. The number of hydrogen-bond acceptors (Lipinski definition) is 9. The predicted molar refractivity (Wildman–Crippen MR) is 148 cm³/mol. The molecule has 4 heterocycles. The molecule has 1 aliphatic rings. The van der Waals surface area contributed by atoms with Crippen molar-refractivity contribution in [2.45, 2.75) is 66.1 Å². The Morgan fingerprint density at radius 3 is 2.70 bits per heavy atom. The minimum absolute atomic E-state index is 0.0305. The molecule has 0 radical (unpaired) electrons. The van der Waals surface area contributed by atoms with Gasteiger partial charge in [0, 0.05) is 56.5 Å². The minimum atomic E-state index is -0.937. The molecule has 13 nitrogen and oxygen atoms in total. The van der Waals surface area contributed by atoms with Crippen molar-refractivity contribution in [3.05, 3.63) is 46.5 Å². The zero-order valence-electron chi connectivity index (χ0n) is 23.1. The molecule has 4 rings (SSSR count). The maximum atomic E-state index is 12.4. The number of hydrogen-bond donors (Lipinski definition) is 2. The molecule has 3 aromatic rings. The highest BCUT2D eigenvalue weighted by atomic mass is 32.1. The van der Waals surface area contributed by atoms with Gasteiger partial charge in [-0.3, -0.25) is 24.2 Å². The second-order valence-electron chi connectivity index (χ2n) is 11.1. The van der Waals surface area contributed by atoms with E-state index < -0.39 is 6.09 Å². The fourth-order valence-electron chi connectivity index (χ4n) is 4.93. The zero-order chi connectivity index (χ0) is 28.9. The van der Waals surface area contributed by atoms with Crippen LogP contribution < -0.4 is 10.2 Å². The van der Waals surface area contributed by atoms with Gasteiger partial charge in [-0.2, -0.15) is 0 Å². The van der Waals surface area contributed by atoms with Crippen LogP contribution in [-0.2, 0) is 24.3 Å². The summed E-state index contributed by atoms with van der Waals surface area (Å²) in [6.07, 6.45) is 5.47. The maximum absolute atomic E-state index is 12.4. The van der Waals surface area contributed by atoms with Gasteiger partial charge in [-0.05, 0) is 36.8 Å². The van der Waals surface area contributed by atoms with E-state index >= 15 is 0 Å². The highest BCUT2D eigenvalue weighted by molar-refractivity contribution is 7.15. The highest BCUT2D eigenvalue weighted by Crippen LogP contribution is 2.39. The van der Waals surface area contributed by atoms with Gasteiger partial charge in [0.15, 0.2) is 5.69 Å². The molecule has 0 saturated carbocycles. The van der Waals surface area contributed by atoms with Crippen molar-refractivity contribution in [1.29, 1.82) is 0 Å². The van der Waals surface area contributed by atoms with Crippen molar-refractivity contribution < 1.29 is 19.5 Å². The average Bonchev–Trinajstić information content (AvgIpc) is 3.54. The molecular weight excluding hydrogens is 534 g/mol. The van der Waals surface area contributed by atoms with E-state index in [1.165, 1.54) is 21.1 Å². The lowest BCUT2D eigenvalue weighted by Crippen LogP contribution is -2.65. The van der Waals surface area contributed by atoms with Crippen molar-refractivity contribution in [2.24, 2.45) is 11.3 Å². The van der Waals surface area contributed by atoms with Crippen LogP contribution in [0, 0.1) is 18.3 Å². The van der Waals surface area contributed by atoms with Crippen LogP contribution in [0.2, 0.25) is 0 Å². The first-order valence-corrected chi connectivity index (χ1v) is 14.0. The van der Waals surface area contributed by atoms with E-state index in [9.17, 15) is 19.5 Å². The van der Waals surface area contributed by atoms with E-state index in [1.807, 2.05) is 39.8 Å². The van der Waals surface area contributed by atoms with Gasteiger partial charge in [0.1, 0.15) is 5.01 Å². The zero-order valence-corrected chi connectivity index (χ0v) is 24.0. The van der Waals surface area contributed by atoms with E-state index in [2.05, 4.69) is 30.8 Å². The van der Waals surface area contributed by atoms with Crippen LogP contribution in [0.4, 0.5) is 9.93 Å². The van der Waals surface area contributed by atoms with Crippen LogP contribution in [0.1, 0.15) is 60.4 Å². The van der Waals surface area contributed by atoms with Crippen LogP contribution in [0.25, 0.3) is 0 Å². The topological polar surface area (TPSA) is 159 Å². The minimum Gasteiger partial charge on any atom is -0.465 e. The van der Waals surface area contributed by atoms with Gasteiger partial charge in [-0.15, -0.1) is 15.3 Å². The molecule has 214 valence electrons. The Hall–Kier alpha value is -3.94. The number of aryl methyl sites for hydroxylation is 3. The van der Waals surface area contributed by atoms with Crippen molar-refractivity contribution in [3.8, 4) is 0 Å². The van der Waals surface area contributed by atoms with Crippen molar-refractivity contribution in [3.63, 3.8) is 0 Å². The van der Waals surface area contributed by atoms with Gasteiger partial charge in [0.2, 0.25) is 11.5 Å². The van der Waals surface area contributed by atoms with E-state index in [1.54, 1.807) is 17.1 Å². The van der Waals surface area contributed by atoms with Gasteiger partial charge in [-0.25, -0.2) is 4.79 Å². The molecule has 2 N–H and O–H groups in total. The van der Waals surface area contributed by atoms with Crippen molar-refractivity contribution in [2.75, 3.05) is 18.0 Å². The number of rotatable bonds is 12. The molecule has 0 aliphatic carbocycles. The van der Waals surface area contributed by atoms with Gasteiger partial charge < -0.3 is 15.3 Å². The molecular formula is C26H35N9O4S. The first-order chi connectivity index (χ1) is 19.0. The maximum Gasteiger partial charge on any atom is 0.407 e. The lowest BCUT2D eigenvalue weighted by Gasteiger charge is -2.53. The third-order valence-electron chi connectivity index (χ3n) is 6.83. The Bertz CT molecular complexity index is 1320. The number of carbonyl (C=O) groups is 3. The largest absolute Gasteiger partial charge is 0.465 e. The molecule has 0 bridgehead atoms. The summed E-state index contributed by atoms with van der Waals surface area (Å²) in [5.41, 5.74) is 1.84. The summed E-state index contributed by atoms with van der Waals surface area (Å²) in [4.78, 5) is 42.9. The normalized spacial score (nSPS) is 16.9. The van der Waals surface area contributed by atoms with Crippen molar-refractivity contribution >= 4 is 34.9 Å². The summed E-state index contributed by atoms with van der Waals surface area (Å²) in [6.45, 7) is 9.68. The Kier molecular flexibility index (Phi) is 9.07. The van der Waals surface area contributed by atoms with Gasteiger partial charge in [0.25, 0.3) is 5.91 Å². The molecule has 40 heavy (non-hydrogen) atoms. The van der Waals surface area contributed by atoms with Crippen molar-refractivity contribution in [1.82, 2.24) is 40.4 Å². The molecule has 1 saturated heterocycles. The fourth-order valence-corrected chi connectivity index (χ4v) is 5.79. The lowest BCUT2D eigenvalue weighted by molar-refractivity contribution is -0.108. The summed E-state index contributed by atoms with van der Waals surface area (Å²) in [7, 11) is 0. The number of anilines is 1. The van der Waals surface area contributed by atoms with Gasteiger partial charge in [0.05, 0.1) is 6.20 Å². The summed E-state index contributed by atoms with van der Waals surface area (Å²) < 4.78 is 1.65. The molecule has 14 heteroatoms. The van der Waals surface area contributed by atoms with E-state index in [4.69, 9.17) is 0 Å². The SMILES string of the molecule is Cc1ccc(CNC(=O)c2cn(CCCCc3nnc(N(C=O)CC4CN(C(=O)O)C4C(C)(C)C)s3)nn2)cn1. The molecule has 2 atom stereocenters. The molecule has 2 unspecified atom stereocenters. The Balaban J connectivity index is 1.21. The number of carbonyl (C=O) groups excluding carboxylic acids is 2. The molecule has 1 aliphatic heterocycles. The van der Waals surface area contributed by atoms with E-state index in [-0.39, 0.29) is 29.0 Å². The number of nitrogens with zero attached hydrogens (tertiary/aromatic N) is 8. The van der Waals surface area contributed by atoms with Crippen LogP contribution in [0.5, 0.6) is 0 Å². The Morgan fingerprint density at radius 2 is 2.02 bits per heavy atom. The number of aromatic nitrogens is 6. The third kappa shape index (κ3) is 7.17. The fraction of sp³-hybridized carbons (Fsp3) is 0.538. The lowest BCUT2D eigenvalue weighted by atomic mass is 9.72. The number of unbranched alkanes of at least 4 members (excludes halogenated alkanes) is 1.